The molecule has 1 amide bonds. The zero-order chi connectivity index (χ0) is 16.5. The van der Waals surface area contributed by atoms with E-state index < -0.39 is 24.9 Å². The standard InChI is InChI=1S/C15H27F2N3O2.2ClH/c1-10-6-20(7-11(2)22-10)14(3,4)8-19-13(21)12-5-15(16,17)9-18-12;;/h10-12,18H,5-9H2,1-4H3,(H,19,21);2*1H. The number of nitrogens with one attached hydrogen (secondary N) is 2. The zero-order valence-electron chi connectivity index (χ0n) is 14.6. The Labute approximate surface area is 155 Å². The summed E-state index contributed by atoms with van der Waals surface area (Å²) in [4.78, 5) is 14.3. The van der Waals surface area contributed by atoms with E-state index in [0.717, 1.165) is 13.1 Å². The van der Waals surface area contributed by atoms with Gasteiger partial charge in [0.05, 0.1) is 24.8 Å². The summed E-state index contributed by atoms with van der Waals surface area (Å²) in [5.41, 5.74) is -0.247. The van der Waals surface area contributed by atoms with E-state index in [2.05, 4.69) is 29.4 Å². The van der Waals surface area contributed by atoms with Crippen molar-refractivity contribution in [2.24, 2.45) is 0 Å². The molecule has 9 heteroatoms. The highest BCUT2D eigenvalue weighted by Crippen LogP contribution is 2.25. The van der Waals surface area contributed by atoms with E-state index in [9.17, 15) is 13.6 Å². The summed E-state index contributed by atoms with van der Waals surface area (Å²) in [6.07, 6.45) is -0.131. The first kappa shape index (κ1) is 23.8. The third-order valence-corrected chi connectivity index (χ3v) is 4.40. The molecule has 2 saturated heterocycles. The van der Waals surface area contributed by atoms with Crippen LogP contribution in [-0.2, 0) is 9.53 Å². The molecule has 2 N–H and O–H groups in total. The highest BCUT2D eigenvalue weighted by molar-refractivity contribution is 5.85. The Morgan fingerprint density at radius 2 is 1.83 bits per heavy atom. The molecule has 2 rings (SSSR count). The molecule has 0 aliphatic carbocycles. The van der Waals surface area contributed by atoms with Crippen LogP contribution >= 0.6 is 24.8 Å². The molecule has 0 aromatic carbocycles. The van der Waals surface area contributed by atoms with E-state index in [1.54, 1.807) is 0 Å². The van der Waals surface area contributed by atoms with Gasteiger partial charge in [-0.1, -0.05) is 0 Å². The van der Waals surface area contributed by atoms with Gasteiger partial charge in [-0.15, -0.1) is 24.8 Å². The summed E-state index contributed by atoms with van der Waals surface area (Å²) < 4.78 is 32.0. The van der Waals surface area contributed by atoms with Crippen LogP contribution in [0, 0.1) is 0 Å². The summed E-state index contributed by atoms with van der Waals surface area (Å²) in [7, 11) is 0. The minimum absolute atomic E-state index is 0. The minimum atomic E-state index is -2.79. The van der Waals surface area contributed by atoms with Crippen molar-refractivity contribution in [2.75, 3.05) is 26.2 Å². The summed E-state index contributed by atoms with van der Waals surface area (Å²) in [5, 5.41) is 5.39. The van der Waals surface area contributed by atoms with Crippen molar-refractivity contribution in [3.05, 3.63) is 0 Å². The Hall–Kier alpha value is -0.210. The van der Waals surface area contributed by atoms with E-state index in [0.29, 0.717) is 6.54 Å². The van der Waals surface area contributed by atoms with Gasteiger partial charge in [-0.25, -0.2) is 8.78 Å². The highest BCUT2D eigenvalue weighted by atomic mass is 35.5. The lowest BCUT2D eigenvalue weighted by Crippen LogP contribution is -2.59. The second kappa shape index (κ2) is 8.94. The van der Waals surface area contributed by atoms with E-state index in [1.807, 2.05) is 13.8 Å². The van der Waals surface area contributed by atoms with Crippen molar-refractivity contribution in [1.29, 1.82) is 0 Å². The fourth-order valence-electron chi connectivity index (χ4n) is 3.11. The van der Waals surface area contributed by atoms with Crippen LogP contribution in [0.2, 0.25) is 0 Å². The molecule has 2 aliphatic heterocycles. The van der Waals surface area contributed by atoms with Crippen LogP contribution in [0.15, 0.2) is 0 Å². The number of carbonyl (C=O) groups excluding carboxylic acids is 1. The largest absolute Gasteiger partial charge is 0.373 e. The molecule has 3 unspecified atom stereocenters. The number of carbonyl (C=O) groups is 1. The Morgan fingerprint density at radius 3 is 2.29 bits per heavy atom. The normalized spacial score (nSPS) is 30.2. The maximum absolute atomic E-state index is 13.1. The van der Waals surface area contributed by atoms with Crippen LogP contribution in [0.1, 0.15) is 34.1 Å². The third kappa shape index (κ3) is 6.26. The molecule has 3 atom stereocenters. The van der Waals surface area contributed by atoms with Gasteiger partial charge >= 0.3 is 0 Å². The fourth-order valence-corrected chi connectivity index (χ4v) is 3.11. The fraction of sp³-hybridized carbons (Fsp3) is 0.933. The molecular formula is C15H29Cl2F2N3O2. The van der Waals surface area contributed by atoms with Crippen molar-refractivity contribution in [2.45, 2.75) is 63.8 Å². The highest BCUT2D eigenvalue weighted by Gasteiger charge is 2.42. The number of nitrogens with zero attached hydrogens (tertiary/aromatic N) is 1. The quantitative estimate of drug-likeness (QED) is 0.767. The topological polar surface area (TPSA) is 53.6 Å². The lowest BCUT2D eigenvalue weighted by Gasteiger charge is -2.45. The molecule has 5 nitrogen and oxygen atoms in total. The summed E-state index contributed by atoms with van der Waals surface area (Å²) in [5.74, 6) is -3.13. The minimum Gasteiger partial charge on any atom is -0.373 e. The first-order chi connectivity index (χ1) is 10.1. The molecule has 0 radical (unpaired) electrons. The first-order valence-corrected chi connectivity index (χ1v) is 7.88. The van der Waals surface area contributed by atoms with Crippen LogP contribution in [0.5, 0.6) is 0 Å². The average molecular weight is 392 g/mol. The maximum Gasteiger partial charge on any atom is 0.262 e. The van der Waals surface area contributed by atoms with Gasteiger partial charge in [0, 0.05) is 31.6 Å². The van der Waals surface area contributed by atoms with Gasteiger partial charge in [0.25, 0.3) is 5.92 Å². The second-order valence-corrected chi connectivity index (χ2v) is 7.19. The van der Waals surface area contributed by atoms with Crippen LogP contribution in [-0.4, -0.2) is 66.7 Å². The monoisotopic (exact) mass is 391 g/mol. The van der Waals surface area contributed by atoms with Crippen LogP contribution < -0.4 is 10.6 Å². The molecule has 2 heterocycles. The predicted molar refractivity (Wildman–Crippen MR) is 94.5 cm³/mol. The lowest BCUT2D eigenvalue weighted by atomic mass is 9.99. The average Bonchev–Trinajstić information content (AvgIpc) is 2.75. The SMILES string of the molecule is CC1CN(C(C)(C)CNC(=O)C2CC(F)(F)CN2)CC(C)O1.Cl.Cl. The van der Waals surface area contributed by atoms with E-state index in [1.165, 1.54) is 0 Å². The third-order valence-electron chi connectivity index (χ3n) is 4.40. The van der Waals surface area contributed by atoms with Crippen LogP contribution in [0.4, 0.5) is 8.78 Å². The number of morpholine rings is 1. The molecule has 24 heavy (non-hydrogen) atoms. The van der Waals surface area contributed by atoms with E-state index >= 15 is 0 Å². The van der Waals surface area contributed by atoms with Crippen molar-refractivity contribution in [3.63, 3.8) is 0 Å². The van der Waals surface area contributed by atoms with Gasteiger partial charge in [-0.2, -0.15) is 0 Å². The van der Waals surface area contributed by atoms with Crippen molar-refractivity contribution in [1.82, 2.24) is 15.5 Å². The number of ether oxygens (including phenoxy) is 1. The van der Waals surface area contributed by atoms with E-state index in [-0.39, 0.29) is 48.5 Å². The lowest BCUT2D eigenvalue weighted by molar-refractivity contribution is -0.125. The van der Waals surface area contributed by atoms with Gasteiger partial charge in [-0.3, -0.25) is 15.0 Å². The first-order valence-electron chi connectivity index (χ1n) is 7.88. The van der Waals surface area contributed by atoms with Gasteiger partial charge in [0.1, 0.15) is 0 Å². The molecule has 2 fully saturated rings. The molecule has 0 saturated carbocycles. The maximum atomic E-state index is 13.1. The molecule has 144 valence electrons. The van der Waals surface area contributed by atoms with Crippen LogP contribution in [0.3, 0.4) is 0 Å². The zero-order valence-corrected chi connectivity index (χ0v) is 16.2. The summed E-state index contributed by atoms with van der Waals surface area (Å²) in [6.45, 7) is 9.76. The number of rotatable bonds is 4. The van der Waals surface area contributed by atoms with Gasteiger partial charge in [-0.05, 0) is 27.7 Å². The number of hydrogen-bond acceptors (Lipinski definition) is 4. The Bertz CT molecular complexity index is 418. The second-order valence-electron chi connectivity index (χ2n) is 7.19. The van der Waals surface area contributed by atoms with Crippen molar-refractivity contribution >= 4 is 30.7 Å². The van der Waals surface area contributed by atoms with Crippen molar-refractivity contribution < 1.29 is 18.3 Å². The number of amides is 1. The molecule has 2 aliphatic rings. The smallest absolute Gasteiger partial charge is 0.262 e. The number of alkyl halides is 2. The van der Waals surface area contributed by atoms with Gasteiger partial charge in [0.2, 0.25) is 5.91 Å². The van der Waals surface area contributed by atoms with Crippen LogP contribution in [0.25, 0.3) is 0 Å². The predicted octanol–water partition coefficient (Wildman–Crippen LogP) is 1.83. The van der Waals surface area contributed by atoms with Gasteiger partial charge in [0.15, 0.2) is 0 Å². The Balaban J connectivity index is 0.00000264. The van der Waals surface area contributed by atoms with Gasteiger partial charge < -0.3 is 10.1 Å². The van der Waals surface area contributed by atoms with Crippen molar-refractivity contribution in [3.8, 4) is 0 Å². The molecule has 0 spiro atoms. The summed E-state index contributed by atoms with van der Waals surface area (Å²) in [6, 6.07) is -0.798. The molecule has 0 bridgehead atoms. The summed E-state index contributed by atoms with van der Waals surface area (Å²) >= 11 is 0. The number of hydrogen-bond donors (Lipinski definition) is 2. The van der Waals surface area contributed by atoms with E-state index in [4.69, 9.17) is 4.74 Å². The number of halogens is 4. The molecule has 0 aromatic heterocycles. The molecule has 0 aromatic rings. The Kier molecular flexibility index (Phi) is 8.86. The Morgan fingerprint density at radius 1 is 1.29 bits per heavy atom. The molecular weight excluding hydrogens is 363 g/mol.